The van der Waals surface area contributed by atoms with Gasteiger partial charge in [-0.25, -0.2) is 4.98 Å². The number of nitro groups is 1. The second-order valence-electron chi connectivity index (χ2n) is 5.74. The molecular weight excluding hydrogens is 354 g/mol. The van der Waals surface area contributed by atoms with Crippen molar-refractivity contribution in [1.29, 1.82) is 0 Å². The Hall–Kier alpha value is -2.52. The van der Waals surface area contributed by atoms with Crippen LogP contribution >= 0.6 is 11.3 Å². The Bertz CT molecular complexity index is 760. The standard InChI is InChI=1S/C17H23N5O3S/c1-12(25-4)16-20-14(11-26-16)10-21(3)17(18-2)19-9-13-5-7-15(8-6-13)22(23)24/h5-8,11-12H,9-10H2,1-4H3,(H,18,19). The Morgan fingerprint density at radius 3 is 2.73 bits per heavy atom. The summed E-state index contributed by atoms with van der Waals surface area (Å²) in [5.41, 5.74) is 1.98. The molecule has 1 aromatic carbocycles. The molecule has 0 radical (unpaired) electrons. The van der Waals surface area contributed by atoms with Crippen LogP contribution in [0, 0.1) is 10.1 Å². The van der Waals surface area contributed by atoms with Crippen LogP contribution in [0.25, 0.3) is 0 Å². The molecule has 0 amide bonds. The van der Waals surface area contributed by atoms with Crippen LogP contribution in [0.3, 0.4) is 0 Å². The molecule has 0 spiro atoms. The summed E-state index contributed by atoms with van der Waals surface area (Å²) < 4.78 is 5.29. The lowest BCUT2D eigenvalue weighted by Crippen LogP contribution is -2.38. The molecule has 2 aromatic rings. The number of hydrogen-bond donors (Lipinski definition) is 1. The molecule has 0 aliphatic heterocycles. The fourth-order valence-electron chi connectivity index (χ4n) is 2.30. The lowest BCUT2D eigenvalue weighted by molar-refractivity contribution is -0.384. The van der Waals surface area contributed by atoms with E-state index in [4.69, 9.17) is 4.74 Å². The van der Waals surface area contributed by atoms with Gasteiger partial charge >= 0.3 is 0 Å². The van der Waals surface area contributed by atoms with E-state index in [1.165, 1.54) is 12.1 Å². The molecule has 1 atom stereocenters. The topological polar surface area (TPSA) is 92.9 Å². The van der Waals surface area contributed by atoms with E-state index in [9.17, 15) is 10.1 Å². The molecule has 0 aliphatic carbocycles. The predicted octanol–water partition coefficient (Wildman–Crippen LogP) is 2.97. The fourth-order valence-corrected chi connectivity index (χ4v) is 3.14. The van der Waals surface area contributed by atoms with Crippen molar-refractivity contribution in [3.63, 3.8) is 0 Å². The van der Waals surface area contributed by atoms with Crippen molar-refractivity contribution in [3.05, 3.63) is 56.0 Å². The number of benzene rings is 1. The molecule has 0 saturated carbocycles. The number of nitrogens with zero attached hydrogens (tertiary/aromatic N) is 4. The maximum absolute atomic E-state index is 10.7. The van der Waals surface area contributed by atoms with Crippen molar-refractivity contribution in [2.24, 2.45) is 4.99 Å². The van der Waals surface area contributed by atoms with E-state index < -0.39 is 4.92 Å². The second-order valence-corrected chi connectivity index (χ2v) is 6.63. The summed E-state index contributed by atoms with van der Waals surface area (Å²) in [6, 6.07) is 6.46. The monoisotopic (exact) mass is 377 g/mol. The number of aliphatic imine (C=N–C) groups is 1. The molecule has 1 unspecified atom stereocenters. The first kappa shape index (κ1) is 19.8. The molecular formula is C17H23N5O3S. The summed E-state index contributed by atoms with van der Waals surface area (Å²) in [5.74, 6) is 0.720. The van der Waals surface area contributed by atoms with Crippen molar-refractivity contribution in [2.45, 2.75) is 26.1 Å². The number of rotatable bonds is 7. The van der Waals surface area contributed by atoms with Gasteiger partial charge in [-0.15, -0.1) is 11.3 Å². The Balaban J connectivity index is 1.93. The SMILES string of the molecule is CN=C(NCc1ccc([N+](=O)[O-])cc1)N(C)Cc1csc(C(C)OC)n1. The molecule has 140 valence electrons. The number of hydrogen-bond acceptors (Lipinski definition) is 6. The summed E-state index contributed by atoms with van der Waals surface area (Å²) in [7, 11) is 5.32. The zero-order chi connectivity index (χ0) is 19.1. The van der Waals surface area contributed by atoms with Gasteiger partial charge in [0.1, 0.15) is 11.1 Å². The lowest BCUT2D eigenvalue weighted by Gasteiger charge is -2.21. The van der Waals surface area contributed by atoms with E-state index in [0.717, 1.165) is 22.2 Å². The summed E-state index contributed by atoms with van der Waals surface area (Å²) in [4.78, 5) is 21.1. The first-order chi connectivity index (χ1) is 12.4. The number of guanidine groups is 1. The summed E-state index contributed by atoms with van der Waals surface area (Å²) in [5, 5.41) is 16.9. The third-order valence-electron chi connectivity index (χ3n) is 3.84. The van der Waals surface area contributed by atoms with Gasteiger partial charge in [-0.2, -0.15) is 0 Å². The number of aromatic nitrogens is 1. The zero-order valence-corrected chi connectivity index (χ0v) is 16.1. The van der Waals surface area contributed by atoms with E-state index in [1.54, 1.807) is 37.6 Å². The molecule has 1 aromatic heterocycles. The highest BCUT2D eigenvalue weighted by atomic mass is 32.1. The van der Waals surface area contributed by atoms with Crippen molar-refractivity contribution in [3.8, 4) is 0 Å². The van der Waals surface area contributed by atoms with E-state index in [0.29, 0.717) is 13.1 Å². The molecule has 0 fully saturated rings. The molecule has 0 saturated heterocycles. The van der Waals surface area contributed by atoms with Crippen molar-refractivity contribution >= 4 is 23.0 Å². The molecule has 0 aliphatic rings. The summed E-state index contributed by atoms with van der Waals surface area (Å²) in [6.07, 6.45) is -0.0152. The quantitative estimate of drug-likeness (QED) is 0.345. The van der Waals surface area contributed by atoms with Crippen LogP contribution in [0.5, 0.6) is 0 Å². The molecule has 8 nitrogen and oxygen atoms in total. The van der Waals surface area contributed by atoms with Crippen LogP contribution in [0.1, 0.15) is 29.3 Å². The van der Waals surface area contributed by atoms with Gasteiger partial charge in [-0.1, -0.05) is 12.1 Å². The number of methoxy groups -OCH3 is 1. The average Bonchev–Trinajstić information content (AvgIpc) is 3.10. The van der Waals surface area contributed by atoms with Gasteiger partial charge in [0.05, 0.1) is 17.2 Å². The van der Waals surface area contributed by atoms with E-state index >= 15 is 0 Å². The first-order valence-electron chi connectivity index (χ1n) is 8.06. The molecule has 2 rings (SSSR count). The van der Waals surface area contributed by atoms with Crippen LogP contribution in [0.15, 0.2) is 34.6 Å². The smallest absolute Gasteiger partial charge is 0.269 e. The maximum Gasteiger partial charge on any atom is 0.269 e. The third-order valence-corrected chi connectivity index (χ3v) is 4.90. The van der Waals surface area contributed by atoms with Gasteiger partial charge < -0.3 is 15.0 Å². The zero-order valence-electron chi connectivity index (χ0n) is 15.3. The number of ether oxygens (including phenoxy) is 1. The predicted molar refractivity (Wildman–Crippen MR) is 102 cm³/mol. The van der Waals surface area contributed by atoms with Crippen molar-refractivity contribution < 1.29 is 9.66 Å². The highest BCUT2D eigenvalue weighted by Gasteiger charge is 2.13. The molecule has 9 heteroatoms. The minimum absolute atomic E-state index is 0.0152. The minimum Gasteiger partial charge on any atom is -0.375 e. The van der Waals surface area contributed by atoms with Gasteiger partial charge in [-0.3, -0.25) is 15.1 Å². The Labute approximate surface area is 156 Å². The van der Waals surface area contributed by atoms with E-state index in [1.807, 2.05) is 24.3 Å². The van der Waals surface area contributed by atoms with Crippen molar-refractivity contribution in [2.75, 3.05) is 21.2 Å². The minimum atomic E-state index is -0.406. The Morgan fingerprint density at radius 2 is 2.15 bits per heavy atom. The molecule has 26 heavy (non-hydrogen) atoms. The van der Waals surface area contributed by atoms with Crippen LogP contribution in [-0.4, -0.2) is 42.0 Å². The Morgan fingerprint density at radius 1 is 1.46 bits per heavy atom. The van der Waals surface area contributed by atoms with E-state index in [2.05, 4.69) is 15.3 Å². The highest BCUT2D eigenvalue weighted by Crippen LogP contribution is 2.21. The van der Waals surface area contributed by atoms with Crippen LogP contribution in [0.4, 0.5) is 5.69 Å². The number of thiazole rings is 1. The first-order valence-corrected chi connectivity index (χ1v) is 8.94. The average molecular weight is 377 g/mol. The Kier molecular flexibility index (Phi) is 7.05. The van der Waals surface area contributed by atoms with Gasteiger partial charge in [0.25, 0.3) is 5.69 Å². The lowest BCUT2D eigenvalue weighted by atomic mass is 10.2. The van der Waals surface area contributed by atoms with Gasteiger partial charge in [0.15, 0.2) is 5.96 Å². The largest absolute Gasteiger partial charge is 0.375 e. The van der Waals surface area contributed by atoms with Gasteiger partial charge in [0.2, 0.25) is 0 Å². The molecule has 1 heterocycles. The fraction of sp³-hybridized carbons (Fsp3) is 0.412. The van der Waals surface area contributed by atoms with Gasteiger partial charge in [0, 0.05) is 45.3 Å². The number of nitrogens with one attached hydrogen (secondary N) is 1. The highest BCUT2D eigenvalue weighted by molar-refractivity contribution is 7.09. The number of non-ortho nitro benzene ring substituents is 1. The summed E-state index contributed by atoms with van der Waals surface area (Å²) >= 11 is 1.58. The second kappa shape index (κ2) is 9.25. The normalized spacial score (nSPS) is 12.7. The van der Waals surface area contributed by atoms with Gasteiger partial charge in [-0.05, 0) is 12.5 Å². The summed E-state index contributed by atoms with van der Waals surface area (Å²) in [6.45, 7) is 3.11. The molecule has 0 bridgehead atoms. The maximum atomic E-state index is 10.7. The van der Waals surface area contributed by atoms with Crippen molar-refractivity contribution in [1.82, 2.24) is 15.2 Å². The van der Waals surface area contributed by atoms with Crippen LogP contribution in [-0.2, 0) is 17.8 Å². The van der Waals surface area contributed by atoms with Crippen LogP contribution < -0.4 is 5.32 Å². The van der Waals surface area contributed by atoms with Crippen LogP contribution in [0.2, 0.25) is 0 Å². The van der Waals surface area contributed by atoms with E-state index in [-0.39, 0.29) is 11.8 Å². The number of nitro benzene ring substituents is 1. The molecule has 1 N–H and O–H groups in total. The third kappa shape index (κ3) is 5.24.